The molecule has 0 heterocycles. The molecule has 48 heteroatoms. The Bertz CT molecular complexity index is 3640. The summed E-state index contributed by atoms with van der Waals surface area (Å²) in [6.07, 6.45) is 6.90. The SMILES string of the molecule is CPCC(C)(C)C(=O)OCC(COCC(=O)NCCC(=O)NCC(CNC(=O)CCNC(=O)COCC(COC(=O)C(C)(C)CCP)(COC(=O)C(C)(C)CPC)COC(=O)C(C)(C)CPC)(CNC(=O)CCNC(=O)COCC(COC(=O)C(C)(C)CCP)(COC(=O)C(C)(C)CPC)COC(=O)C(C)(CCP)CCP)COCCNC(=O)CCOCCN)(COC(=O)C(C)(C)CCP)COC(=O)C(C)(C)CCP. The van der Waals surface area contributed by atoms with Crippen LogP contribution in [-0.2, 0) is 143 Å². The van der Waals surface area contributed by atoms with E-state index in [9.17, 15) is 76.7 Å². The lowest BCUT2D eigenvalue weighted by Crippen LogP contribution is -2.54. The zero-order valence-corrected chi connectivity index (χ0v) is 101. The first-order chi connectivity index (χ1) is 67.7. The van der Waals surface area contributed by atoms with E-state index in [-0.39, 0.29) is 110 Å². The van der Waals surface area contributed by atoms with Crippen LogP contribution >= 0.6 is 89.8 Å². The molecule has 0 aliphatic rings. The van der Waals surface area contributed by atoms with E-state index in [1.54, 1.807) is 118 Å². The standard InChI is InChI=1S/C97H182N8O30P10/c1-85(2,26-40-136)76(113)127-56-95(57-128-77(114)86(3,4)27-41-137,60-131-80(117)89(9,10)65-142-18)53-124-46-73(110)99-33-22-69(106)103-49-94(52-123-39-36-102-72(109)25-37-122-38-32-98,50-104-70(107)23-34-100-74(111)47-125-54-96(58-129-78(115)87(5,6)28-42-138,61-132-81(118)90(11,12)66-143-19)62-133-82(119)91(13,14)67-144-20)51-105-71(108)24-35-101-75(112)48-126-55-97(59-130-79(116)88(7,8)29-43-139,63-134-83(120)92(15,16)68-145-21)64-135-84(121)93(17,30-44-140)31-45-141/h142-145H,22-68,98,136-141H2,1-21H3,(H,99,110)(H,100,111)(H,101,112)(H,102,109)(H,103,106)(H,104,107)(H,105,108). The summed E-state index contributed by atoms with van der Waals surface area (Å²) in [4.78, 5) is 222. The van der Waals surface area contributed by atoms with Crippen LogP contribution in [0.1, 0.15) is 182 Å². The van der Waals surface area contributed by atoms with Crippen LogP contribution < -0.4 is 43.0 Å². The van der Waals surface area contributed by atoms with Crippen molar-refractivity contribution in [2.75, 3.05) is 266 Å². The number of carbonyl (C=O) groups is 16. The molecule has 0 aromatic carbocycles. The van der Waals surface area contributed by atoms with Crippen LogP contribution in [0.15, 0.2) is 0 Å². The van der Waals surface area contributed by atoms with Gasteiger partial charge in [0, 0.05) is 83.5 Å². The van der Waals surface area contributed by atoms with Crippen molar-refractivity contribution < 1.29 is 143 Å². The molecule has 145 heavy (non-hydrogen) atoms. The summed E-state index contributed by atoms with van der Waals surface area (Å²) >= 11 is 0. The quantitative estimate of drug-likeness (QED) is 0.0128. The average molecular weight is 2250 g/mol. The number of esters is 9. The van der Waals surface area contributed by atoms with Crippen LogP contribution in [0.3, 0.4) is 0 Å². The zero-order chi connectivity index (χ0) is 111. The van der Waals surface area contributed by atoms with Crippen molar-refractivity contribution in [3.05, 3.63) is 0 Å². The third kappa shape index (κ3) is 56.8. The fraction of sp³-hybridized carbons (Fsp3) is 0.835. The highest BCUT2D eigenvalue weighted by molar-refractivity contribution is 7.37. The normalized spacial score (nSPS) is 13.9. The summed E-state index contributed by atoms with van der Waals surface area (Å²) in [6, 6.07) is 0. The molecular formula is C97H182N8O30P10. The van der Waals surface area contributed by atoms with Gasteiger partial charge in [-0.05, 0) is 245 Å². The number of amides is 7. The molecule has 0 rings (SSSR count). The Hall–Kier alpha value is -4.42. The molecule has 0 aromatic heterocycles. The molecule has 0 bridgehead atoms. The van der Waals surface area contributed by atoms with E-state index >= 15 is 0 Å². The van der Waals surface area contributed by atoms with E-state index in [1.807, 2.05) is 26.7 Å². The van der Waals surface area contributed by atoms with E-state index in [1.165, 1.54) is 0 Å². The number of ether oxygens (including phenoxy) is 14. The molecule has 12 atom stereocenters. The number of nitrogens with one attached hydrogen (secondary N) is 7. The Balaban J connectivity index is 8.02. The molecule has 0 saturated carbocycles. The maximum atomic E-state index is 14.3. The molecule has 0 aliphatic heterocycles. The predicted octanol–water partition coefficient (Wildman–Crippen LogP) is 7.28. The van der Waals surface area contributed by atoms with Crippen molar-refractivity contribution in [1.29, 1.82) is 0 Å². The monoisotopic (exact) mass is 2250 g/mol. The topological polar surface area (TPSA) is 513 Å². The van der Waals surface area contributed by atoms with Crippen LogP contribution in [0, 0.1) is 70.4 Å². The van der Waals surface area contributed by atoms with Crippen molar-refractivity contribution >= 4 is 185 Å². The molecule has 9 N–H and O–H groups in total. The first-order valence-corrected chi connectivity index (χ1v) is 61.2. The Morgan fingerprint density at radius 1 is 0.234 bits per heavy atom. The van der Waals surface area contributed by atoms with Gasteiger partial charge in [-0.1, -0.05) is 0 Å². The number of hydrogen-bond acceptors (Lipinski definition) is 31. The molecule has 0 spiro atoms. The summed E-state index contributed by atoms with van der Waals surface area (Å²) in [5, 5.41) is 19.2. The van der Waals surface area contributed by atoms with E-state index in [0.717, 1.165) is 0 Å². The number of hydrogen-bond donors (Lipinski definition) is 8. The van der Waals surface area contributed by atoms with Gasteiger partial charge in [-0.25, -0.2) is 0 Å². The van der Waals surface area contributed by atoms with E-state index in [2.05, 4.69) is 92.7 Å². The minimum Gasteiger partial charge on any atom is -0.464 e. The smallest absolute Gasteiger partial charge is 0.311 e. The highest BCUT2D eigenvalue weighted by Crippen LogP contribution is 2.38. The highest BCUT2D eigenvalue weighted by atomic mass is 31.1. The van der Waals surface area contributed by atoms with Gasteiger partial charge in [0.05, 0.1) is 111 Å². The number of carbonyl (C=O) groups excluding carboxylic acids is 16. The first kappa shape index (κ1) is 141. The van der Waals surface area contributed by atoms with Crippen molar-refractivity contribution in [2.45, 2.75) is 182 Å². The fourth-order valence-electron chi connectivity index (χ4n) is 14.0. The molecule has 0 fully saturated rings. The van der Waals surface area contributed by atoms with Gasteiger partial charge in [0.2, 0.25) is 41.4 Å². The molecular weight excluding hydrogens is 2070 g/mol. The van der Waals surface area contributed by atoms with Crippen molar-refractivity contribution in [1.82, 2.24) is 37.2 Å². The van der Waals surface area contributed by atoms with Gasteiger partial charge < -0.3 is 109 Å². The second kappa shape index (κ2) is 71.5. The average Bonchev–Trinajstić information content (AvgIpc) is 0.824. The lowest BCUT2D eigenvalue weighted by molar-refractivity contribution is -0.180. The largest absolute Gasteiger partial charge is 0.464 e. The number of nitrogens with two attached hydrogens (primary N) is 1. The maximum absolute atomic E-state index is 14.3. The molecule has 0 aliphatic carbocycles. The molecule has 0 saturated heterocycles. The highest BCUT2D eigenvalue weighted by Gasteiger charge is 2.48. The second-order valence-electron chi connectivity index (χ2n) is 42.8. The van der Waals surface area contributed by atoms with Crippen LogP contribution in [0.25, 0.3) is 0 Å². The Morgan fingerprint density at radius 3 is 0.690 bits per heavy atom. The van der Waals surface area contributed by atoms with Crippen LogP contribution in [0.4, 0.5) is 0 Å². The van der Waals surface area contributed by atoms with Crippen LogP contribution in [-0.4, -0.2) is 361 Å². The van der Waals surface area contributed by atoms with Crippen LogP contribution in [0.5, 0.6) is 0 Å². The summed E-state index contributed by atoms with van der Waals surface area (Å²) in [6.45, 7) is 27.8. The minimum atomic E-state index is -1.56. The summed E-state index contributed by atoms with van der Waals surface area (Å²) < 4.78 is 83.6. The fourth-order valence-corrected chi connectivity index (χ4v) is 22.2. The van der Waals surface area contributed by atoms with Gasteiger partial charge >= 0.3 is 53.7 Å². The van der Waals surface area contributed by atoms with Gasteiger partial charge in [-0.2, -0.15) is 0 Å². The Labute approximate surface area is 884 Å². The second-order valence-corrected chi connectivity index (χ2v) is 50.5. The molecule has 12 unspecified atom stereocenters. The van der Waals surface area contributed by atoms with E-state index in [0.29, 0.717) is 134 Å². The van der Waals surface area contributed by atoms with Gasteiger partial charge in [0.25, 0.3) is 0 Å². The summed E-state index contributed by atoms with van der Waals surface area (Å²) in [7, 11) is 17.1. The molecule has 38 nitrogen and oxygen atoms in total. The molecule has 0 aromatic rings. The lowest BCUT2D eigenvalue weighted by atomic mass is 9.84. The van der Waals surface area contributed by atoms with E-state index < -0.39 is 259 Å². The van der Waals surface area contributed by atoms with Gasteiger partial charge in [-0.15, -0.1) is 89.8 Å². The van der Waals surface area contributed by atoms with Gasteiger partial charge in [0.15, 0.2) is 0 Å². The zero-order valence-electron chi connectivity index (χ0n) is 90.5. The van der Waals surface area contributed by atoms with Crippen molar-refractivity contribution in [3.63, 3.8) is 0 Å². The predicted molar refractivity (Wildman–Crippen MR) is 591 cm³/mol. The minimum absolute atomic E-state index is 0.0142. The van der Waals surface area contributed by atoms with E-state index in [4.69, 9.17) is 72.0 Å². The van der Waals surface area contributed by atoms with Gasteiger partial charge in [-0.3, -0.25) is 76.7 Å². The molecule has 840 valence electrons. The maximum Gasteiger partial charge on any atom is 0.311 e. The third-order valence-corrected chi connectivity index (χ3v) is 30.8. The molecule has 0 radical (unpaired) electrons. The third-order valence-electron chi connectivity index (χ3n) is 24.1. The number of rotatable bonds is 84. The van der Waals surface area contributed by atoms with Gasteiger partial charge in [0.1, 0.15) is 79.3 Å². The Kier molecular flexibility index (Phi) is 69.4. The van der Waals surface area contributed by atoms with Crippen LogP contribution in [0.2, 0.25) is 0 Å². The molecule has 7 amide bonds. The summed E-state index contributed by atoms with van der Waals surface area (Å²) in [5.74, 6) is -9.71. The Morgan fingerprint density at radius 2 is 0.455 bits per heavy atom. The summed E-state index contributed by atoms with van der Waals surface area (Å²) in [5.41, 5.74) is -9.10. The lowest BCUT2D eigenvalue weighted by Gasteiger charge is -2.35. The first-order valence-electron chi connectivity index (χ1n) is 49.5. The van der Waals surface area contributed by atoms with Crippen molar-refractivity contribution in [3.8, 4) is 0 Å². The van der Waals surface area contributed by atoms with Crippen molar-refractivity contribution in [2.24, 2.45) is 76.1 Å².